The molecule has 1 aromatic heterocycles. The zero-order chi connectivity index (χ0) is 16.8. The van der Waals surface area contributed by atoms with Gasteiger partial charge in [-0.2, -0.15) is 0 Å². The third-order valence-corrected chi connectivity index (χ3v) is 3.35. The molecule has 23 heavy (non-hydrogen) atoms. The second-order valence-electron chi connectivity index (χ2n) is 4.38. The van der Waals surface area contributed by atoms with Crippen molar-refractivity contribution in [3.05, 3.63) is 40.8 Å². The normalized spacial score (nSPS) is 10.6. The summed E-state index contributed by atoms with van der Waals surface area (Å²) < 4.78 is 21.6. The summed E-state index contributed by atoms with van der Waals surface area (Å²) >= 11 is 3.20. The van der Waals surface area contributed by atoms with Crippen molar-refractivity contribution >= 4 is 33.6 Å². The van der Waals surface area contributed by atoms with Crippen LogP contribution < -0.4 is 19.5 Å². The van der Waals surface area contributed by atoms with Crippen LogP contribution in [0.2, 0.25) is 0 Å². The van der Waals surface area contributed by atoms with Crippen LogP contribution in [-0.2, 0) is 4.79 Å². The van der Waals surface area contributed by atoms with E-state index in [0.717, 1.165) is 0 Å². The molecule has 1 N–H and O–H groups in total. The molecule has 0 bridgehead atoms. The van der Waals surface area contributed by atoms with Gasteiger partial charge in [0, 0.05) is 23.9 Å². The Kier molecular flexibility index (Phi) is 5.70. The van der Waals surface area contributed by atoms with Crippen LogP contribution in [0.4, 0.5) is 5.69 Å². The number of benzene rings is 1. The molecule has 0 aliphatic rings. The molecule has 1 heterocycles. The lowest BCUT2D eigenvalue weighted by Gasteiger charge is -2.14. The highest BCUT2D eigenvalue weighted by Gasteiger charge is 2.13. The van der Waals surface area contributed by atoms with E-state index >= 15 is 0 Å². The number of methoxy groups -OCH3 is 3. The lowest BCUT2D eigenvalue weighted by atomic mass is 10.2. The Balaban J connectivity index is 2.15. The third-order valence-electron chi connectivity index (χ3n) is 2.93. The first-order valence-electron chi connectivity index (χ1n) is 6.61. The maximum Gasteiger partial charge on any atom is 0.248 e. The lowest BCUT2D eigenvalue weighted by molar-refractivity contribution is -0.111. The van der Waals surface area contributed by atoms with Gasteiger partial charge in [-0.15, -0.1) is 0 Å². The van der Waals surface area contributed by atoms with Gasteiger partial charge in [-0.05, 0) is 34.1 Å². The highest BCUT2D eigenvalue weighted by atomic mass is 79.9. The van der Waals surface area contributed by atoms with E-state index < -0.39 is 0 Å². The molecule has 0 saturated carbocycles. The molecule has 0 radical (unpaired) electrons. The number of halogens is 1. The fourth-order valence-electron chi connectivity index (χ4n) is 1.91. The van der Waals surface area contributed by atoms with E-state index in [1.807, 2.05) is 0 Å². The maximum absolute atomic E-state index is 12.0. The number of rotatable bonds is 6. The molecule has 2 rings (SSSR count). The number of furan rings is 1. The highest BCUT2D eigenvalue weighted by Crippen LogP contribution is 2.39. The molecule has 6 nitrogen and oxygen atoms in total. The quantitative estimate of drug-likeness (QED) is 0.772. The fourth-order valence-corrected chi connectivity index (χ4v) is 2.23. The zero-order valence-corrected chi connectivity index (χ0v) is 14.5. The minimum atomic E-state index is -0.313. The van der Waals surface area contributed by atoms with Crippen molar-refractivity contribution in [1.29, 1.82) is 0 Å². The highest BCUT2D eigenvalue weighted by molar-refractivity contribution is 9.10. The molecule has 0 spiro atoms. The van der Waals surface area contributed by atoms with E-state index in [1.165, 1.54) is 27.4 Å². The summed E-state index contributed by atoms with van der Waals surface area (Å²) in [5.41, 5.74) is 0.523. The number of hydrogen-bond acceptors (Lipinski definition) is 5. The lowest BCUT2D eigenvalue weighted by Crippen LogP contribution is -2.08. The minimum Gasteiger partial charge on any atom is -0.493 e. The van der Waals surface area contributed by atoms with Gasteiger partial charge in [0.25, 0.3) is 0 Å². The van der Waals surface area contributed by atoms with E-state index in [2.05, 4.69) is 21.2 Å². The number of carbonyl (C=O) groups excluding carboxylic acids is 1. The Labute approximate surface area is 142 Å². The monoisotopic (exact) mass is 381 g/mol. The summed E-state index contributed by atoms with van der Waals surface area (Å²) in [6, 6.07) is 6.79. The van der Waals surface area contributed by atoms with Crippen molar-refractivity contribution in [3.8, 4) is 17.2 Å². The van der Waals surface area contributed by atoms with Gasteiger partial charge in [0.1, 0.15) is 5.76 Å². The molecule has 0 aliphatic heterocycles. The molecule has 0 saturated heterocycles. The summed E-state index contributed by atoms with van der Waals surface area (Å²) in [5.74, 6) is 1.63. The predicted octanol–water partition coefficient (Wildman–Crippen LogP) is 3.72. The first-order chi connectivity index (χ1) is 11.1. The molecule has 0 aliphatic carbocycles. The Hall–Kier alpha value is -2.41. The predicted molar refractivity (Wildman–Crippen MR) is 90.2 cm³/mol. The number of carbonyl (C=O) groups is 1. The molecule has 7 heteroatoms. The topological polar surface area (TPSA) is 69.9 Å². The second-order valence-corrected chi connectivity index (χ2v) is 5.16. The van der Waals surface area contributed by atoms with Gasteiger partial charge in [0.05, 0.1) is 21.3 Å². The molecular weight excluding hydrogens is 366 g/mol. The maximum atomic E-state index is 12.0. The third kappa shape index (κ3) is 4.29. The Morgan fingerprint density at radius 1 is 1.13 bits per heavy atom. The van der Waals surface area contributed by atoms with Gasteiger partial charge >= 0.3 is 0 Å². The minimum absolute atomic E-state index is 0.313. The summed E-state index contributed by atoms with van der Waals surface area (Å²) in [6.45, 7) is 0. The Bertz CT molecular complexity index is 698. The van der Waals surface area contributed by atoms with Crippen LogP contribution in [0.15, 0.2) is 39.4 Å². The molecule has 0 unspecified atom stereocenters. The standard InChI is InChI=1S/C16H16BrNO5/c1-20-12-8-10(9-13(21-2)16(12)22-3)18-15(19)7-5-11-4-6-14(17)23-11/h4-9H,1-3H3,(H,18,19)/b7-5+. The molecular formula is C16H16BrNO5. The molecule has 0 atom stereocenters. The van der Waals surface area contributed by atoms with Crippen LogP contribution in [0.3, 0.4) is 0 Å². The molecule has 1 aromatic carbocycles. The zero-order valence-electron chi connectivity index (χ0n) is 12.9. The second kappa shape index (κ2) is 7.73. The Morgan fingerprint density at radius 3 is 2.26 bits per heavy atom. The fraction of sp³-hybridized carbons (Fsp3) is 0.188. The SMILES string of the molecule is COc1cc(NC(=O)/C=C/c2ccc(Br)o2)cc(OC)c1OC. The van der Waals surface area contributed by atoms with E-state index in [1.54, 1.807) is 30.3 Å². The number of hydrogen-bond donors (Lipinski definition) is 1. The Morgan fingerprint density at radius 2 is 1.78 bits per heavy atom. The van der Waals surface area contributed by atoms with Crippen molar-refractivity contribution in [2.45, 2.75) is 0 Å². The first kappa shape index (κ1) is 17.0. The molecule has 122 valence electrons. The van der Waals surface area contributed by atoms with Crippen LogP contribution in [0, 0.1) is 0 Å². The smallest absolute Gasteiger partial charge is 0.248 e. The summed E-state index contributed by atoms with van der Waals surface area (Å²) in [4.78, 5) is 12.0. The summed E-state index contributed by atoms with van der Waals surface area (Å²) in [5, 5.41) is 2.73. The number of ether oxygens (including phenoxy) is 3. The van der Waals surface area contributed by atoms with Crippen molar-refractivity contribution in [2.75, 3.05) is 26.6 Å². The number of amides is 1. The number of nitrogens with one attached hydrogen (secondary N) is 1. The van der Waals surface area contributed by atoms with Gasteiger partial charge in [0.2, 0.25) is 11.7 Å². The van der Waals surface area contributed by atoms with E-state index in [9.17, 15) is 4.79 Å². The van der Waals surface area contributed by atoms with E-state index in [0.29, 0.717) is 33.4 Å². The number of anilines is 1. The average Bonchev–Trinajstić information content (AvgIpc) is 2.97. The van der Waals surface area contributed by atoms with Crippen LogP contribution in [0.1, 0.15) is 5.76 Å². The molecule has 0 fully saturated rings. The summed E-state index contributed by atoms with van der Waals surface area (Å²) in [7, 11) is 4.54. The van der Waals surface area contributed by atoms with Crippen molar-refractivity contribution in [3.63, 3.8) is 0 Å². The largest absolute Gasteiger partial charge is 0.493 e. The molecule has 1 amide bonds. The van der Waals surface area contributed by atoms with Gasteiger partial charge in [0.15, 0.2) is 16.2 Å². The van der Waals surface area contributed by atoms with E-state index in [-0.39, 0.29) is 5.91 Å². The molecule has 2 aromatic rings. The van der Waals surface area contributed by atoms with Gasteiger partial charge < -0.3 is 23.9 Å². The summed E-state index contributed by atoms with van der Waals surface area (Å²) in [6.07, 6.45) is 2.94. The van der Waals surface area contributed by atoms with Crippen molar-refractivity contribution in [2.24, 2.45) is 0 Å². The van der Waals surface area contributed by atoms with Crippen molar-refractivity contribution < 1.29 is 23.4 Å². The van der Waals surface area contributed by atoms with Crippen LogP contribution in [0.25, 0.3) is 6.08 Å². The van der Waals surface area contributed by atoms with Gasteiger partial charge in [-0.3, -0.25) is 4.79 Å². The van der Waals surface area contributed by atoms with Gasteiger partial charge in [-0.1, -0.05) is 0 Å². The van der Waals surface area contributed by atoms with Crippen LogP contribution >= 0.6 is 15.9 Å². The van der Waals surface area contributed by atoms with Gasteiger partial charge in [-0.25, -0.2) is 0 Å². The first-order valence-corrected chi connectivity index (χ1v) is 7.41. The van der Waals surface area contributed by atoms with Crippen LogP contribution in [0.5, 0.6) is 17.2 Å². The average molecular weight is 382 g/mol. The van der Waals surface area contributed by atoms with E-state index in [4.69, 9.17) is 18.6 Å². The van der Waals surface area contributed by atoms with Crippen molar-refractivity contribution in [1.82, 2.24) is 0 Å². The van der Waals surface area contributed by atoms with Crippen LogP contribution in [-0.4, -0.2) is 27.2 Å².